The highest BCUT2D eigenvalue weighted by Gasteiger charge is 2.30. The number of anilines is 1. The third-order valence-corrected chi connectivity index (χ3v) is 3.11. The summed E-state index contributed by atoms with van der Waals surface area (Å²) in [4.78, 5) is 23.2. The van der Waals surface area contributed by atoms with Crippen LogP contribution in [0, 0.1) is 10.1 Å². The van der Waals surface area contributed by atoms with Crippen LogP contribution >= 0.6 is 11.6 Å². The Balaban J connectivity index is 2.39. The Morgan fingerprint density at radius 2 is 2.28 bits per heavy atom. The molecule has 1 aliphatic rings. The van der Waals surface area contributed by atoms with E-state index in [0.717, 1.165) is 0 Å². The molecular formula is C11H11ClN2O4. The van der Waals surface area contributed by atoms with Gasteiger partial charge in [-0.25, -0.2) is 0 Å². The Labute approximate surface area is 108 Å². The second kappa shape index (κ2) is 4.91. The van der Waals surface area contributed by atoms with Crippen molar-refractivity contribution in [3.05, 3.63) is 33.9 Å². The molecule has 1 heterocycles. The number of carbonyl (C=O) groups excluding carboxylic acids is 1. The molecule has 0 spiro atoms. The number of benzene rings is 1. The van der Waals surface area contributed by atoms with Crippen molar-refractivity contribution in [2.45, 2.75) is 18.4 Å². The second-order valence-electron chi connectivity index (χ2n) is 4.03. The van der Waals surface area contributed by atoms with Gasteiger partial charge in [0.25, 0.3) is 5.69 Å². The van der Waals surface area contributed by atoms with Crippen LogP contribution in [0.5, 0.6) is 0 Å². The SMILES string of the molecule is O=C1CC(Cl)CN1c1ccc([N+](=O)[O-])cc1CO. The maximum Gasteiger partial charge on any atom is 0.269 e. The lowest BCUT2D eigenvalue weighted by Crippen LogP contribution is -2.25. The average molecular weight is 271 g/mol. The van der Waals surface area contributed by atoms with Gasteiger partial charge in [-0.1, -0.05) is 0 Å². The van der Waals surface area contributed by atoms with Crippen LogP contribution in [-0.4, -0.2) is 27.9 Å². The number of hydrogen-bond donors (Lipinski definition) is 1. The minimum absolute atomic E-state index is 0.114. The summed E-state index contributed by atoms with van der Waals surface area (Å²) in [5.41, 5.74) is 0.719. The smallest absolute Gasteiger partial charge is 0.269 e. The van der Waals surface area contributed by atoms with E-state index in [2.05, 4.69) is 0 Å². The zero-order valence-corrected chi connectivity index (χ0v) is 10.1. The van der Waals surface area contributed by atoms with Crippen LogP contribution < -0.4 is 4.90 Å². The molecule has 96 valence electrons. The number of aliphatic hydroxyl groups is 1. The van der Waals surface area contributed by atoms with Crippen molar-refractivity contribution in [2.24, 2.45) is 0 Å². The van der Waals surface area contributed by atoms with Gasteiger partial charge >= 0.3 is 0 Å². The standard InChI is InChI=1S/C11H11ClN2O4/c12-8-4-11(16)13(5-8)10-2-1-9(14(17)18)3-7(10)6-15/h1-3,8,15H,4-6H2. The molecule has 1 amide bonds. The molecule has 6 nitrogen and oxygen atoms in total. The molecule has 1 fully saturated rings. The fraction of sp³-hybridized carbons (Fsp3) is 0.364. The van der Waals surface area contributed by atoms with Crippen LogP contribution in [0.15, 0.2) is 18.2 Å². The first-order chi connectivity index (χ1) is 8.52. The molecule has 18 heavy (non-hydrogen) atoms. The Bertz CT molecular complexity index is 506. The summed E-state index contributed by atoms with van der Waals surface area (Å²) in [6.07, 6.45) is 0.239. The van der Waals surface area contributed by atoms with Gasteiger partial charge < -0.3 is 10.0 Å². The normalized spacial score (nSPS) is 19.3. The maximum absolute atomic E-state index is 11.7. The molecule has 1 N–H and O–H groups in total. The van der Waals surface area contributed by atoms with E-state index >= 15 is 0 Å². The predicted octanol–water partition coefficient (Wildman–Crippen LogP) is 1.43. The van der Waals surface area contributed by atoms with Gasteiger partial charge in [0.05, 0.1) is 16.9 Å². The van der Waals surface area contributed by atoms with Gasteiger partial charge in [0.1, 0.15) is 0 Å². The maximum atomic E-state index is 11.7. The largest absolute Gasteiger partial charge is 0.392 e. The minimum Gasteiger partial charge on any atom is -0.392 e. The molecule has 1 aliphatic heterocycles. The number of nitro benzene ring substituents is 1. The summed E-state index contributed by atoms with van der Waals surface area (Å²) in [5, 5.41) is 19.6. The van der Waals surface area contributed by atoms with Crippen LogP contribution in [0.25, 0.3) is 0 Å². The molecule has 1 unspecified atom stereocenters. The summed E-state index contributed by atoms with van der Waals surface area (Å²) in [6.45, 7) is -0.0149. The number of hydrogen-bond acceptors (Lipinski definition) is 4. The van der Waals surface area contributed by atoms with Crippen LogP contribution in [0.1, 0.15) is 12.0 Å². The van der Waals surface area contributed by atoms with Gasteiger partial charge in [0.15, 0.2) is 0 Å². The van der Waals surface area contributed by atoms with Gasteiger partial charge in [-0.3, -0.25) is 14.9 Å². The first-order valence-corrected chi connectivity index (χ1v) is 5.79. The fourth-order valence-electron chi connectivity index (χ4n) is 1.97. The quantitative estimate of drug-likeness (QED) is 0.512. The third kappa shape index (κ3) is 2.30. The number of nitrogens with zero attached hydrogens (tertiary/aromatic N) is 2. The average Bonchev–Trinajstić information content (AvgIpc) is 2.67. The first-order valence-electron chi connectivity index (χ1n) is 5.35. The molecular weight excluding hydrogens is 260 g/mol. The van der Waals surface area contributed by atoms with Crippen molar-refractivity contribution in [1.29, 1.82) is 0 Å². The van der Waals surface area contributed by atoms with Crippen LogP contribution in [0.4, 0.5) is 11.4 Å². The lowest BCUT2D eigenvalue weighted by molar-refractivity contribution is -0.384. The lowest BCUT2D eigenvalue weighted by atomic mass is 10.1. The highest BCUT2D eigenvalue weighted by molar-refractivity contribution is 6.24. The molecule has 0 bridgehead atoms. The van der Waals surface area contributed by atoms with Crippen molar-refractivity contribution < 1.29 is 14.8 Å². The Morgan fingerprint density at radius 1 is 1.56 bits per heavy atom. The zero-order chi connectivity index (χ0) is 13.3. The first kappa shape index (κ1) is 12.8. The Hall–Kier alpha value is -1.66. The van der Waals surface area contributed by atoms with Crippen molar-refractivity contribution in [3.63, 3.8) is 0 Å². The highest BCUT2D eigenvalue weighted by atomic mass is 35.5. The predicted molar refractivity (Wildman–Crippen MR) is 65.6 cm³/mol. The summed E-state index contributed by atoms with van der Waals surface area (Å²) in [5.74, 6) is -0.140. The van der Waals surface area contributed by atoms with E-state index in [1.165, 1.54) is 23.1 Å². The molecule has 0 aromatic heterocycles. The van der Waals surface area contributed by atoms with Crippen LogP contribution in [-0.2, 0) is 11.4 Å². The fourth-order valence-corrected chi connectivity index (χ4v) is 2.24. The summed E-state index contributed by atoms with van der Waals surface area (Å²) in [7, 11) is 0. The summed E-state index contributed by atoms with van der Waals surface area (Å²) in [6, 6.07) is 4.05. The highest BCUT2D eigenvalue weighted by Crippen LogP contribution is 2.30. The number of non-ortho nitro benzene ring substituents is 1. The van der Waals surface area contributed by atoms with Gasteiger partial charge in [-0.15, -0.1) is 11.6 Å². The van der Waals surface area contributed by atoms with Gasteiger partial charge in [-0.2, -0.15) is 0 Å². The monoisotopic (exact) mass is 270 g/mol. The third-order valence-electron chi connectivity index (χ3n) is 2.81. The minimum atomic E-state index is -0.543. The number of amides is 1. The van der Waals surface area contributed by atoms with E-state index in [-0.39, 0.29) is 30.0 Å². The van der Waals surface area contributed by atoms with Gasteiger partial charge in [-0.05, 0) is 6.07 Å². The number of rotatable bonds is 3. The zero-order valence-electron chi connectivity index (χ0n) is 9.38. The second-order valence-corrected chi connectivity index (χ2v) is 4.65. The number of alkyl halides is 1. The molecule has 0 aliphatic carbocycles. The van der Waals surface area contributed by atoms with E-state index in [1.54, 1.807) is 0 Å². The van der Waals surface area contributed by atoms with Crippen LogP contribution in [0.2, 0.25) is 0 Å². The summed E-state index contributed by atoms with van der Waals surface area (Å²) < 4.78 is 0. The number of halogens is 1. The Kier molecular flexibility index (Phi) is 3.49. The van der Waals surface area contributed by atoms with Gasteiger partial charge in [0.2, 0.25) is 5.91 Å². The Morgan fingerprint density at radius 3 is 2.78 bits per heavy atom. The molecule has 7 heteroatoms. The lowest BCUT2D eigenvalue weighted by Gasteiger charge is -2.18. The topological polar surface area (TPSA) is 83.7 Å². The molecule has 0 radical (unpaired) electrons. The van der Waals surface area contributed by atoms with E-state index in [0.29, 0.717) is 17.8 Å². The molecule has 1 atom stereocenters. The van der Waals surface area contributed by atoms with Crippen molar-refractivity contribution in [3.8, 4) is 0 Å². The molecule has 1 aromatic carbocycles. The number of carbonyl (C=O) groups is 1. The van der Waals surface area contributed by atoms with E-state index < -0.39 is 4.92 Å². The van der Waals surface area contributed by atoms with Crippen LogP contribution in [0.3, 0.4) is 0 Å². The van der Waals surface area contributed by atoms with Crippen molar-refractivity contribution >= 4 is 28.9 Å². The van der Waals surface area contributed by atoms with Gasteiger partial charge in [0, 0.05) is 36.3 Å². The molecule has 0 saturated carbocycles. The van der Waals surface area contributed by atoms with E-state index in [1.807, 2.05) is 0 Å². The van der Waals surface area contributed by atoms with E-state index in [9.17, 15) is 20.0 Å². The molecule has 1 saturated heterocycles. The van der Waals surface area contributed by atoms with E-state index in [4.69, 9.17) is 11.6 Å². The number of aliphatic hydroxyl groups excluding tert-OH is 1. The van der Waals surface area contributed by atoms with Crippen molar-refractivity contribution in [1.82, 2.24) is 0 Å². The molecule has 1 aromatic rings. The summed E-state index contributed by atoms with van der Waals surface area (Å²) >= 11 is 5.90. The molecule has 2 rings (SSSR count). The number of nitro groups is 1. The van der Waals surface area contributed by atoms with Crippen molar-refractivity contribution in [2.75, 3.05) is 11.4 Å².